The highest BCUT2D eigenvalue weighted by Crippen LogP contribution is 2.31. The highest BCUT2D eigenvalue weighted by atomic mass is 32.2. The van der Waals surface area contributed by atoms with Crippen LogP contribution in [0.2, 0.25) is 0 Å². The van der Waals surface area contributed by atoms with Gasteiger partial charge in [-0.05, 0) is 37.6 Å². The van der Waals surface area contributed by atoms with Crippen LogP contribution in [0.1, 0.15) is 18.2 Å². The van der Waals surface area contributed by atoms with Crippen molar-refractivity contribution in [3.8, 4) is 0 Å². The van der Waals surface area contributed by atoms with Crippen LogP contribution in [0.15, 0.2) is 40.6 Å². The Morgan fingerprint density at radius 3 is 2.45 bits per heavy atom. The first-order valence-electron chi connectivity index (χ1n) is 6.40. The summed E-state index contributed by atoms with van der Waals surface area (Å²) in [5.41, 5.74) is 6.94. The Morgan fingerprint density at radius 1 is 1.20 bits per heavy atom. The molecule has 0 aliphatic rings. The summed E-state index contributed by atoms with van der Waals surface area (Å²) < 4.78 is 27.3. The molecule has 0 radical (unpaired) electrons. The van der Waals surface area contributed by atoms with Gasteiger partial charge >= 0.3 is 0 Å². The SMILES string of the molecule is CCCN(c1ccccc1N)S(=O)(=O)c1ccc(C)s1. The molecule has 0 aliphatic heterocycles. The predicted molar refractivity (Wildman–Crippen MR) is 84.7 cm³/mol. The van der Waals surface area contributed by atoms with Gasteiger partial charge in [0.1, 0.15) is 4.21 Å². The number of thiophene rings is 1. The first-order chi connectivity index (χ1) is 9.46. The van der Waals surface area contributed by atoms with Crippen LogP contribution in [0.4, 0.5) is 11.4 Å². The van der Waals surface area contributed by atoms with Gasteiger partial charge in [0, 0.05) is 11.4 Å². The average Bonchev–Trinajstić information content (AvgIpc) is 2.84. The molecule has 0 unspecified atom stereocenters. The molecule has 0 atom stereocenters. The maximum absolute atomic E-state index is 12.8. The molecule has 2 aromatic rings. The monoisotopic (exact) mass is 310 g/mol. The molecule has 1 aromatic carbocycles. The molecular weight excluding hydrogens is 292 g/mol. The van der Waals surface area contributed by atoms with Gasteiger partial charge in [-0.2, -0.15) is 0 Å². The molecule has 1 aromatic heterocycles. The van der Waals surface area contributed by atoms with Crippen LogP contribution >= 0.6 is 11.3 Å². The van der Waals surface area contributed by atoms with Crippen molar-refractivity contribution < 1.29 is 8.42 Å². The number of anilines is 2. The standard InChI is InChI=1S/C14H18N2O2S2/c1-3-10-16(13-7-5-4-6-12(13)15)20(17,18)14-9-8-11(2)19-14/h4-9H,3,10,15H2,1-2H3. The van der Waals surface area contributed by atoms with Crippen molar-refractivity contribution in [2.45, 2.75) is 24.5 Å². The minimum absolute atomic E-state index is 0.353. The van der Waals surface area contributed by atoms with E-state index in [1.54, 1.807) is 30.3 Å². The van der Waals surface area contributed by atoms with E-state index in [0.717, 1.165) is 11.3 Å². The topological polar surface area (TPSA) is 63.4 Å². The van der Waals surface area contributed by atoms with Gasteiger partial charge in [0.15, 0.2) is 0 Å². The summed E-state index contributed by atoms with van der Waals surface area (Å²) in [5, 5.41) is 0. The first kappa shape index (κ1) is 14.9. The zero-order valence-corrected chi connectivity index (χ0v) is 13.2. The van der Waals surface area contributed by atoms with E-state index in [4.69, 9.17) is 5.73 Å². The van der Waals surface area contributed by atoms with Crippen LogP contribution in [-0.4, -0.2) is 15.0 Å². The second-order valence-corrected chi connectivity index (χ2v) is 7.88. The lowest BCUT2D eigenvalue weighted by Gasteiger charge is -2.24. The Bertz CT molecular complexity index is 693. The molecule has 0 fully saturated rings. The van der Waals surface area contributed by atoms with Gasteiger partial charge < -0.3 is 5.73 Å². The molecule has 0 saturated carbocycles. The van der Waals surface area contributed by atoms with E-state index in [9.17, 15) is 8.42 Å². The second-order valence-electron chi connectivity index (χ2n) is 4.50. The number of nitrogens with zero attached hydrogens (tertiary/aromatic N) is 1. The van der Waals surface area contributed by atoms with E-state index < -0.39 is 10.0 Å². The van der Waals surface area contributed by atoms with Gasteiger partial charge in [0.25, 0.3) is 10.0 Å². The third kappa shape index (κ3) is 2.81. The summed E-state index contributed by atoms with van der Waals surface area (Å²) >= 11 is 1.28. The van der Waals surface area contributed by atoms with Crippen molar-refractivity contribution in [3.05, 3.63) is 41.3 Å². The zero-order chi connectivity index (χ0) is 14.8. The van der Waals surface area contributed by atoms with E-state index >= 15 is 0 Å². The maximum Gasteiger partial charge on any atom is 0.273 e. The smallest absolute Gasteiger partial charge is 0.273 e. The molecule has 6 heteroatoms. The van der Waals surface area contributed by atoms with Gasteiger partial charge in [-0.15, -0.1) is 11.3 Å². The molecule has 108 valence electrons. The van der Waals surface area contributed by atoms with Gasteiger partial charge in [-0.3, -0.25) is 4.31 Å². The Balaban J connectivity index is 2.51. The first-order valence-corrected chi connectivity index (χ1v) is 8.66. The van der Waals surface area contributed by atoms with Crippen LogP contribution in [0.5, 0.6) is 0 Å². The van der Waals surface area contributed by atoms with Gasteiger partial charge in [-0.25, -0.2) is 8.42 Å². The van der Waals surface area contributed by atoms with Crippen LogP contribution in [0.3, 0.4) is 0 Å². The van der Waals surface area contributed by atoms with E-state index in [0.29, 0.717) is 22.1 Å². The fourth-order valence-corrected chi connectivity index (χ4v) is 4.93. The van der Waals surface area contributed by atoms with E-state index in [1.807, 2.05) is 19.9 Å². The van der Waals surface area contributed by atoms with Crippen LogP contribution in [0.25, 0.3) is 0 Å². The highest BCUT2D eigenvalue weighted by molar-refractivity contribution is 7.94. The Hall–Kier alpha value is -1.53. The number of aryl methyl sites for hydroxylation is 1. The number of nitrogen functional groups attached to an aromatic ring is 1. The average molecular weight is 310 g/mol. The third-order valence-corrected chi connectivity index (χ3v) is 6.17. The molecular formula is C14H18N2O2S2. The number of hydrogen-bond donors (Lipinski definition) is 1. The third-order valence-electron chi connectivity index (χ3n) is 2.89. The number of rotatable bonds is 5. The van der Waals surface area contributed by atoms with Crippen molar-refractivity contribution in [3.63, 3.8) is 0 Å². The number of benzene rings is 1. The van der Waals surface area contributed by atoms with E-state index in [2.05, 4.69) is 0 Å². The van der Waals surface area contributed by atoms with Crippen molar-refractivity contribution in [1.82, 2.24) is 0 Å². The molecule has 1 heterocycles. The predicted octanol–water partition coefficient (Wildman–Crippen LogP) is 3.24. The molecule has 0 amide bonds. The lowest BCUT2D eigenvalue weighted by atomic mass is 10.2. The zero-order valence-electron chi connectivity index (χ0n) is 11.5. The molecule has 2 rings (SSSR count). The normalized spacial score (nSPS) is 11.5. The van der Waals surface area contributed by atoms with Crippen molar-refractivity contribution in [2.75, 3.05) is 16.6 Å². The summed E-state index contributed by atoms with van der Waals surface area (Å²) in [6, 6.07) is 10.5. The fourth-order valence-electron chi connectivity index (χ4n) is 1.95. The highest BCUT2D eigenvalue weighted by Gasteiger charge is 2.26. The maximum atomic E-state index is 12.8. The summed E-state index contributed by atoms with van der Waals surface area (Å²) in [6.45, 7) is 4.25. The number of sulfonamides is 1. The number of hydrogen-bond acceptors (Lipinski definition) is 4. The van der Waals surface area contributed by atoms with Crippen molar-refractivity contribution >= 4 is 32.7 Å². The summed E-state index contributed by atoms with van der Waals surface area (Å²) in [4.78, 5) is 0.973. The summed E-state index contributed by atoms with van der Waals surface area (Å²) in [5.74, 6) is 0. The molecule has 0 spiro atoms. The van der Waals surface area contributed by atoms with Crippen LogP contribution < -0.4 is 10.0 Å². The number of para-hydroxylation sites is 2. The molecule has 0 saturated heterocycles. The Morgan fingerprint density at radius 2 is 1.90 bits per heavy atom. The largest absolute Gasteiger partial charge is 0.397 e. The quantitative estimate of drug-likeness (QED) is 0.862. The second kappa shape index (κ2) is 5.85. The fraction of sp³-hybridized carbons (Fsp3) is 0.286. The Kier molecular flexibility index (Phi) is 4.35. The number of nitrogens with two attached hydrogens (primary N) is 1. The lowest BCUT2D eigenvalue weighted by molar-refractivity contribution is 0.592. The van der Waals surface area contributed by atoms with Gasteiger partial charge in [-0.1, -0.05) is 19.1 Å². The van der Waals surface area contributed by atoms with Crippen molar-refractivity contribution in [2.24, 2.45) is 0 Å². The van der Waals surface area contributed by atoms with E-state index in [-0.39, 0.29) is 0 Å². The van der Waals surface area contributed by atoms with Gasteiger partial charge in [0.2, 0.25) is 0 Å². The van der Waals surface area contributed by atoms with Crippen LogP contribution in [0, 0.1) is 6.92 Å². The lowest BCUT2D eigenvalue weighted by Crippen LogP contribution is -2.31. The minimum Gasteiger partial charge on any atom is -0.397 e. The summed E-state index contributed by atoms with van der Waals surface area (Å²) in [6.07, 6.45) is 0.720. The van der Waals surface area contributed by atoms with E-state index in [1.165, 1.54) is 15.6 Å². The minimum atomic E-state index is -3.55. The van der Waals surface area contributed by atoms with Crippen LogP contribution in [-0.2, 0) is 10.0 Å². The molecule has 2 N–H and O–H groups in total. The Labute approximate surface area is 123 Å². The summed E-state index contributed by atoms with van der Waals surface area (Å²) in [7, 11) is -3.55. The molecule has 0 aliphatic carbocycles. The van der Waals surface area contributed by atoms with Crippen molar-refractivity contribution in [1.29, 1.82) is 0 Å². The van der Waals surface area contributed by atoms with Gasteiger partial charge in [0.05, 0.1) is 11.4 Å². The molecule has 0 bridgehead atoms. The molecule has 4 nitrogen and oxygen atoms in total. The molecule has 20 heavy (non-hydrogen) atoms.